The molecule has 1 aromatic rings. The molecule has 0 aromatic heterocycles. The summed E-state index contributed by atoms with van der Waals surface area (Å²) in [6.45, 7) is 6.50. The van der Waals surface area contributed by atoms with Crippen molar-refractivity contribution in [2.24, 2.45) is 5.92 Å². The van der Waals surface area contributed by atoms with Crippen molar-refractivity contribution in [3.05, 3.63) is 24.3 Å². The highest BCUT2D eigenvalue weighted by Gasteiger charge is 2.18. The summed E-state index contributed by atoms with van der Waals surface area (Å²) < 4.78 is 5.07. The number of hydrogen-bond acceptors (Lipinski definition) is 4. The van der Waals surface area contributed by atoms with E-state index in [0.29, 0.717) is 24.4 Å². The van der Waals surface area contributed by atoms with Crippen LogP contribution in [0.4, 0.5) is 5.69 Å². The Labute approximate surface area is 174 Å². The highest BCUT2D eigenvalue weighted by atomic mass is 16.5. The predicted molar refractivity (Wildman–Crippen MR) is 115 cm³/mol. The van der Waals surface area contributed by atoms with E-state index >= 15 is 0 Å². The molecule has 0 aliphatic carbocycles. The Kier molecular flexibility index (Phi) is 11.5. The summed E-state index contributed by atoms with van der Waals surface area (Å²) in [4.78, 5) is 38.3. The minimum Gasteiger partial charge on any atom is -0.497 e. The third-order valence-corrected chi connectivity index (χ3v) is 4.34. The van der Waals surface area contributed by atoms with Gasteiger partial charge >= 0.3 is 0 Å². The standard InChI is InChI=1S/C22H35N3O4/c1-5-6-7-8-9-22(28)25(15-17(2)3)16-21(27)23-14-20(26)24-18-10-12-19(29-4)13-11-18/h10-13,17H,5-9,14-16H2,1-4H3,(H,23,27)(H,24,26). The fraction of sp³-hybridized carbons (Fsp3) is 0.591. The van der Waals surface area contributed by atoms with Gasteiger partial charge in [0.15, 0.2) is 0 Å². The molecule has 0 bridgehead atoms. The van der Waals surface area contributed by atoms with Crippen LogP contribution in [-0.2, 0) is 14.4 Å². The van der Waals surface area contributed by atoms with Gasteiger partial charge in [-0.25, -0.2) is 0 Å². The molecule has 0 fully saturated rings. The molecule has 0 radical (unpaired) electrons. The van der Waals surface area contributed by atoms with Gasteiger partial charge in [0.25, 0.3) is 0 Å². The number of nitrogens with zero attached hydrogens (tertiary/aromatic N) is 1. The lowest BCUT2D eigenvalue weighted by Gasteiger charge is -2.24. The largest absolute Gasteiger partial charge is 0.497 e. The van der Waals surface area contributed by atoms with Crippen LogP contribution in [0.2, 0.25) is 0 Å². The Bertz CT molecular complexity index is 644. The van der Waals surface area contributed by atoms with Crippen LogP contribution in [0, 0.1) is 5.92 Å². The molecule has 0 atom stereocenters. The average Bonchev–Trinajstić information content (AvgIpc) is 2.69. The third-order valence-electron chi connectivity index (χ3n) is 4.34. The second-order valence-electron chi connectivity index (χ2n) is 7.53. The minimum atomic E-state index is -0.336. The van der Waals surface area contributed by atoms with E-state index in [1.165, 1.54) is 0 Å². The molecule has 0 spiro atoms. The van der Waals surface area contributed by atoms with Gasteiger partial charge in [0.1, 0.15) is 5.75 Å². The zero-order valence-electron chi connectivity index (χ0n) is 18.1. The van der Waals surface area contributed by atoms with Crippen molar-refractivity contribution in [2.45, 2.75) is 52.9 Å². The number of unbranched alkanes of at least 4 members (excludes halogenated alkanes) is 3. The fourth-order valence-corrected chi connectivity index (χ4v) is 2.84. The van der Waals surface area contributed by atoms with E-state index in [1.54, 1.807) is 36.3 Å². The highest BCUT2D eigenvalue weighted by Crippen LogP contribution is 2.14. The summed E-state index contributed by atoms with van der Waals surface area (Å²) in [6, 6.07) is 6.93. The Morgan fingerprint density at radius 3 is 2.31 bits per heavy atom. The van der Waals surface area contributed by atoms with Crippen molar-refractivity contribution in [1.82, 2.24) is 10.2 Å². The van der Waals surface area contributed by atoms with Crippen LogP contribution in [-0.4, -0.2) is 49.4 Å². The molecule has 0 unspecified atom stereocenters. The zero-order chi connectivity index (χ0) is 21.6. The first-order valence-corrected chi connectivity index (χ1v) is 10.3. The van der Waals surface area contributed by atoms with E-state index in [-0.39, 0.29) is 36.7 Å². The molecule has 1 rings (SSSR count). The Hall–Kier alpha value is -2.57. The van der Waals surface area contributed by atoms with Gasteiger partial charge in [0, 0.05) is 18.7 Å². The van der Waals surface area contributed by atoms with E-state index < -0.39 is 0 Å². The number of anilines is 1. The number of nitrogens with one attached hydrogen (secondary N) is 2. The van der Waals surface area contributed by atoms with Gasteiger partial charge in [-0.2, -0.15) is 0 Å². The van der Waals surface area contributed by atoms with Crippen LogP contribution in [0.1, 0.15) is 52.9 Å². The van der Waals surface area contributed by atoms with Crippen LogP contribution in [0.3, 0.4) is 0 Å². The summed E-state index contributed by atoms with van der Waals surface area (Å²) in [5, 5.41) is 5.30. The van der Waals surface area contributed by atoms with Gasteiger partial charge in [-0.3, -0.25) is 14.4 Å². The predicted octanol–water partition coefficient (Wildman–Crippen LogP) is 3.20. The van der Waals surface area contributed by atoms with E-state index in [4.69, 9.17) is 4.74 Å². The number of rotatable bonds is 13. The van der Waals surface area contributed by atoms with Gasteiger partial charge in [0.05, 0.1) is 20.2 Å². The van der Waals surface area contributed by atoms with Gasteiger partial charge < -0.3 is 20.3 Å². The smallest absolute Gasteiger partial charge is 0.243 e. The van der Waals surface area contributed by atoms with E-state index in [2.05, 4.69) is 17.6 Å². The van der Waals surface area contributed by atoms with Crippen molar-refractivity contribution < 1.29 is 19.1 Å². The maximum Gasteiger partial charge on any atom is 0.243 e. The minimum absolute atomic E-state index is 0.00682. The zero-order valence-corrected chi connectivity index (χ0v) is 18.1. The van der Waals surface area contributed by atoms with Gasteiger partial charge in [-0.1, -0.05) is 40.0 Å². The second-order valence-corrected chi connectivity index (χ2v) is 7.53. The number of carbonyl (C=O) groups is 3. The summed E-state index contributed by atoms with van der Waals surface area (Å²) in [5.74, 6) is 0.288. The van der Waals surface area contributed by atoms with Crippen molar-refractivity contribution in [1.29, 1.82) is 0 Å². The van der Waals surface area contributed by atoms with Crippen LogP contribution in [0.5, 0.6) is 5.75 Å². The van der Waals surface area contributed by atoms with E-state index in [9.17, 15) is 14.4 Å². The molecule has 3 amide bonds. The lowest BCUT2D eigenvalue weighted by molar-refractivity contribution is -0.136. The Balaban J connectivity index is 2.45. The van der Waals surface area contributed by atoms with Crippen molar-refractivity contribution in [2.75, 3.05) is 32.1 Å². The van der Waals surface area contributed by atoms with Crippen molar-refractivity contribution in [3.63, 3.8) is 0 Å². The van der Waals surface area contributed by atoms with Crippen LogP contribution < -0.4 is 15.4 Å². The molecule has 0 saturated heterocycles. The number of hydrogen-bond donors (Lipinski definition) is 2. The van der Waals surface area contributed by atoms with Crippen LogP contribution >= 0.6 is 0 Å². The summed E-state index contributed by atoms with van der Waals surface area (Å²) in [7, 11) is 1.57. The monoisotopic (exact) mass is 405 g/mol. The molecule has 162 valence electrons. The third kappa shape index (κ3) is 10.5. The normalized spacial score (nSPS) is 10.5. The quantitative estimate of drug-likeness (QED) is 0.493. The molecule has 0 saturated carbocycles. The first-order chi connectivity index (χ1) is 13.8. The first-order valence-electron chi connectivity index (χ1n) is 10.3. The summed E-state index contributed by atoms with van der Waals surface area (Å²) in [6.07, 6.45) is 4.55. The summed E-state index contributed by atoms with van der Waals surface area (Å²) >= 11 is 0. The van der Waals surface area contributed by atoms with Gasteiger partial charge in [-0.05, 0) is 36.6 Å². The maximum absolute atomic E-state index is 12.5. The lowest BCUT2D eigenvalue weighted by Crippen LogP contribution is -2.44. The molecule has 7 heteroatoms. The lowest BCUT2D eigenvalue weighted by atomic mass is 10.1. The molecule has 7 nitrogen and oxygen atoms in total. The molecule has 2 N–H and O–H groups in total. The fourth-order valence-electron chi connectivity index (χ4n) is 2.84. The first kappa shape index (κ1) is 24.5. The van der Waals surface area contributed by atoms with Crippen LogP contribution in [0.15, 0.2) is 24.3 Å². The van der Waals surface area contributed by atoms with E-state index in [0.717, 1.165) is 25.7 Å². The summed E-state index contributed by atoms with van der Waals surface area (Å²) in [5.41, 5.74) is 0.619. The van der Waals surface area contributed by atoms with Crippen molar-refractivity contribution in [3.8, 4) is 5.75 Å². The highest BCUT2D eigenvalue weighted by molar-refractivity contribution is 5.95. The second kappa shape index (κ2) is 13.6. The number of carbonyl (C=O) groups excluding carboxylic acids is 3. The number of methoxy groups -OCH3 is 1. The van der Waals surface area contributed by atoms with Crippen molar-refractivity contribution >= 4 is 23.4 Å². The molecule has 0 aliphatic rings. The molecular formula is C22H35N3O4. The Morgan fingerprint density at radius 1 is 1.03 bits per heavy atom. The molecule has 0 aliphatic heterocycles. The van der Waals surface area contributed by atoms with E-state index in [1.807, 2.05) is 13.8 Å². The number of ether oxygens (including phenoxy) is 1. The molecular weight excluding hydrogens is 370 g/mol. The molecule has 1 aromatic carbocycles. The molecule has 29 heavy (non-hydrogen) atoms. The number of benzene rings is 1. The SMILES string of the molecule is CCCCCCC(=O)N(CC(=O)NCC(=O)Nc1ccc(OC)cc1)CC(C)C. The topological polar surface area (TPSA) is 87.7 Å². The Morgan fingerprint density at radius 2 is 1.72 bits per heavy atom. The van der Waals surface area contributed by atoms with Gasteiger partial charge in [0.2, 0.25) is 17.7 Å². The average molecular weight is 406 g/mol. The maximum atomic E-state index is 12.5. The van der Waals surface area contributed by atoms with Crippen LogP contribution in [0.25, 0.3) is 0 Å². The molecule has 0 heterocycles. The number of amides is 3. The van der Waals surface area contributed by atoms with Gasteiger partial charge in [-0.15, -0.1) is 0 Å².